The van der Waals surface area contributed by atoms with Crippen LogP contribution in [0.3, 0.4) is 0 Å². The SMILES string of the molecule is C1=CC=CNC=C1.O=S(=O)(CC=Cc1cccc(C(F)(F)F)c1)C1=CCCc2c1ccc1c2CCc2ccccc2-1. The van der Waals surface area contributed by atoms with E-state index >= 15 is 0 Å². The number of benzene rings is 3. The summed E-state index contributed by atoms with van der Waals surface area (Å²) in [4.78, 5) is 0.323. The van der Waals surface area contributed by atoms with E-state index < -0.39 is 21.6 Å². The molecule has 3 nitrogen and oxygen atoms in total. The summed E-state index contributed by atoms with van der Waals surface area (Å²) in [6.07, 6.45) is 15.0. The van der Waals surface area contributed by atoms with Gasteiger partial charge in [-0.2, -0.15) is 13.2 Å². The van der Waals surface area contributed by atoms with Gasteiger partial charge in [0.2, 0.25) is 0 Å². The van der Waals surface area contributed by atoms with Gasteiger partial charge in [-0.15, -0.1) is 0 Å². The number of halogens is 3. The molecule has 1 heterocycles. The fraction of sp³-hybridized carbons (Fsp3) is 0.176. The second-order valence-corrected chi connectivity index (χ2v) is 12.0. The molecular formula is C34H30F3NO2S. The summed E-state index contributed by atoms with van der Waals surface area (Å²) in [5.74, 6) is -0.269. The highest BCUT2D eigenvalue weighted by Gasteiger charge is 2.30. The highest BCUT2D eigenvalue weighted by molar-refractivity contribution is 8.00. The zero-order chi connectivity index (χ0) is 28.9. The third kappa shape index (κ3) is 6.63. The molecule has 6 rings (SSSR count). The van der Waals surface area contributed by atoms with Crippen molar-refractivity contribution < 1.29 is 21.6 Å². The standard InChI is InChI=1S/C28H23F3O2S.C6H7N/c29-28(30,31)21-9-3-6-19(18-21)7-5-17-34(32,33)27-12-4-11-23-25-14-13-20-8-1-2-10-22(20)24(25)15-16-26(23)27;1-2-4-6-7-5-3-1/h1-3,5-10,12,15-16,18H,4,11,13-14,17H2;1-7H. The Kier molecular flexibility index (Phi) is 8.45. The third-order valence-electron chi connectivity index (χ3n) is 7.27. The molecule has 3 aromatic carbocycles. The van der Waals surface area contributed by atoms with Gasteiger partial charge in [-0.1, -0.05) is 78.9 Å². The van der Waals surface area contributed by atoms with E-state index in [9.17, 15) is 21.6 Å². The predicted molar refractivity (Wildman–Crippen MR) is 160 cm³/mol. The predicted octanol–water partition coefficient (Wildman–Crippen LogP) is 8.06. The number of sulfone groups is 1. The molecule has 0 saturated heterocycles. The van der Waals surface area contributed by atoms with Gasteiger partial charge in [-0.3, -0.25) is 0 Å². The maximum absolute atomic E-state index is 13.2. The fourth-order valence-corrected chi connectivity index (χ4v) is 6.81. The number of fused-ring (bicyclic) bond motifs is 5. The summed E-state index contributed by atoms with van der Waals surface area (Å²) in [6.45, 7) is 0. The Labute approximate surface area is 239 Å². The minimum Gasteiger partial charge on any atom is -0.368 e. The molecule has 3 aromatic rings. The van der Waals surface area contributed by atoms with Crippen LogP contribution in [0, 0.1) is 0 Å². The number of hydrogen-bond donors (Lipinski definition) is 1. The Hall–Kier alpha value is -4.10. The second kappa shape index (κ2) is 12.2. The highest BCUT2D eigenvalue weighted by Crippen LogP contribution is 2.41. The van der Waals surface area contributed by atoms with Crippen LogP contribution in [0.5, 0.6) is 0 Å². The van der Waals surface area contributed by atoms with Gasteiger partial charge in [0.25, 0.3) is 0 Å². The zero-order valence-corrected chi connectivity index (χ0v) is 23.2. The van der Waals surface area contributed by atoms with Crippen molar-refractivity contribution in [2.45, 2.75) is 31.9 Å². The number of allylic oxidation sites excluding steroid dienone is 5. The van der Waals surface area contributed by atoms with Crippen molar-refractivity contribution in [2.75, 3.05) is 5.75 Å². The van der Waals surface area contributed by atoms with Crippen LogP contribution in [0.15, 0.2) is 110 Å². The number of hydrogen-bond acceptors (Lipinski definition) is 3. The van der Waals surface area contributed by atoms with Crippen LogP contribution in [-0.4, -0.2) is 14.2 Å². The molecule has 210 valence electrons. The Bertz CT molecular complexity index is 1680. The first kappa shape index (κ1) is 28.4. The van der Waals surface area contributed by atoms with Crippen LogP contribution in [0.25, 0.3) is 22.1 Å². The first-order chi connectivity index (χ1) is 19.7. The van der Waals surface area contributed by atoms with Crippen molar-refractivity contribution in [1.82, 2.24) is 5.32 Å². The first-order valence-corrected chi connectivity index (χ1v) is 15.1. The molecule has 7 heteroatoms. The maximum Gasteiger partial charge on any atom is 0.416 e. The van der Waals surface area contributed by atoms with Crippen LogP contribution in [0.1, 0.15) is 39.8 Å². The molecule has 1 aliphatic heterocycles. The molecule has 0 spiro atoms. The molecule has 0 aromatic heterocycles. The molecule has 0 atom stereocenters. The van der Waals surface area contributed by atoms with Gasteiger partial charge >= 0.3 is 6.18 Å². The Morgan fingerprint density at radius 2 is 1.51 bits per heavy atom. The normalized spacial score (nSPS) is 15.5. The smallest absolute Gasteiger partial charge is 0.368 e. The van der Waals surface area contributed by atoms with E-state index in [4.69, 9.17) is 0 Å². The molecular weight excluding hydrogens is 543 g/mol. The minimum atomic E-state index is -4.44. The van der Waals surface area contributed by atoms with E-state index in [1.807, 2.05) is 61.0 Å². The number of aryl methyl sites for hydroxylation is 1. The summed E-state index contributed by atoms with van der Waals surface area (Å²) in [5, 5.41) is 2.92. The monoisotopic (exact) mass is 573 g/mol. The third-order valence-corrected chi connectivity index (χ3v) is 8.95. The Balaban J connectivity index is 0.000000423. The molecule has 3 aliphatic rings. The van der Waals surface area contributed by atoms with Crippen molar-refractivity contribution >= 4 is 20.8 Å². The van der Waals surface area contributed by atoms with Crippen LogP contribution < -0.4 is 5.32 Å². The summed E-state index contributed by atoms with van der Waals surface area (Å²) in [5.41, 5.74) is 6.37. The molecule has 1 N–H and O–H groups in total. The molecule has 0 saturated carbocycles. The lowest BCUT2D eigenvalue weighted by Crippen LogP contribution is -2.15. The van der Waals surface area contributed by atoms with E-state index in [0.717, 1.165) is 42.5 Å². The van der Waals surface area contributed by atoms with Crippen molar-refractivity contribution in [3.63, 3.8) is 0 Å². The first-order valence-electron chi connectivity index (χ1n) is 13.5. The Morgan fingerprint density at radius 1 is 0.780 bits per heavy atom. The molecule has 2 aliphatic carbocycles. The van der Waals surface area contributed by atoms with Gasteiger partial charge in [0.1, 0.15) is 0 Å². The van der Waals surface area contributed by atoms with Crippen LogP contribution in [-0.2, 0) is 35.3 Å². The summed E-state index contributed by atoms with van der Waals surface area (Å²) in [6, 6.07) is 17.1. The lowest BCUT2D eigenvalue weighted by Gasteiger charge is -2.27. The largest absolute Gasteiger partial charge is 0.416 e. The van der Waals surface area contributed by atoms with E-state index in [0.29, 0.717) is 16.9 Å². The molecule has 0 amide bonds. The number of rotatable bonds is 4. The second-order valence-electron chi connectivity index (χ2n) is 9.96. The molecule has 41 heavy (non-hydrogen) atoms. The van der Waals surface area contributed by atoms with Crippen molar-refractivity contribution in [3.8, 4) is 11.1 Å². The molecule has 0 fully saturated rings. The van der Waals surface area contributed by atoms with Gasteiger partial charge < -0.3 is 5.32 Å². The van der Waals surface area contributed by atoms with Crippen LogP contribution >= 0.6 is 0 Å². The minimum absolute atomic E-state index is 0.269. The van der Waals surface area contributed by atoms with E-state index in [-0.39, 0.29) is 5.75 Å². The van der Waals surface area contributed by atoms with Gasteiger partial charge in [-0.05, 0) is 88.9 Å². The van der Waals surface area contributed by atoms with Gasteiger partial charge in [0.05, 0.1) is 16.2 Å². The summed E-state index contributed by atoms with van der Waals surface area (Å²) in [7, 11) is -3.64. The average Bonchev–Trinajstić information content (AvgIpc) is 3.30. The van der Waals surface area contributed by atoms with Crippen molar-refractivity contribution in [2.24, 2.45) is 0 Å². The maximum atomic E-state index is 13.2. The molecule has 0 unspecified atom stereocenters. The van der Waals surface area contributed by atoms with Gasteiger partial charge in [0.15, 0.2) is 9.84 Å². The number of nitrogens with one attached hydrogen (secondary N) is 1. The lowest BCUT2D eigenvalue weighted by atomic mass is 9.79. The quantitative estimate of drug-likeness (QED) is 0.343. The average molecular weight is 574 g/mol. The van der Waals surface area contributed by atoms with Crippen molar-refractivity contribution in [1.29, 1.82) is 0 Å². The van der Waals surface area contributed by atoms with Gasteiger partial charge in [-0.25, -0.2) is 8.42 Å². The Morgan fingerprint density at radius 3 is 2.29 bits per heavy atom. The van der Waals surface area contributed by atoms with E-state index in [1.165, 1.54) is 46.5 Å². The summed E-state index contributed by atoms with van der Waals surface area (Å²) >= 11 is 0. The lowest BCUT2D eigenvalue weighted by molar-refractivity contribution is -0.137. The highest BCUT2D eigenvalue weighted by atomic mass is 32.2. The molecule has 0 radical (unpaired) electrons. The van der Waals surface area contributed by atoms with Crippen molar-refractivity contribution in [3.05, 3.63) is 143 Å². The topological polar surface area (TPSA) is 46.2 Å². The van der Waals surface area contributed by atoms with Gasteiger partial charge in [0, 0.05) is 12.4 Å². The fourth-order valence-electron chi connectivity index (χ4n) is 5.39. The van der Waals surface area contributed by atoms with E-state index in [1.54, 1.807) is 6.08 Å². The molecule has 0 bridgehead atoms. The van der Waals surface area contributed by atoms with Crippen LogP contribution in [0.4, 0.5) is 13.2 Å². The summed E-state index contributed by atoms with van der Waals surface area (Å²) < 4.78 is 65.3. The van der Waals surface area contributed by atoms with E-state index in [2.05, 4.69) is 17.4 Å². The van der Waals surface area contributed by atoms with Crippen LogP contribution in [0.2, 0.25) is 0 Å². The zero-order valence-electron chi connectivity index (χ0n) is 22.4. The number of alkyl halides is 3.